The third-order valence-corrected chi connectivity index (χ3v) is 6.76. The SMILES string of the molecule is CCOc1ccc(S(=O)(=O)NC2CC(C)(C)NC(C)(C)C2)cc1[C@H](C)CC. The second kappa shape index (κ2) is 8.10. The molecule has 0 amide bonds. The summed E-state index contributed by atoms with van der Waals surface area (Å²) >= 11 is 0. The molecule has 27 heavy (non-hydrogen) atoms. The van der Waals surface area contributed by atoms with Crippen molar-refractivity contribution < 1.29 is 13.2 Å². The van der Waals surface area contributed by atoms with Crippen LogP contribution in [0.5, 0.6) is 5.75 Å². The van der Waals surface area contributed by atoms with Gasteiger partial charge >= 0.3 is 0 Å². The van der Waals surface area contributed by atoms with E-state index in [1.807, 2.05) is 6.92 Å². The van der Waals surface area contributed by atoms with Crippen molar-refractivity contribution in [3.05, 3.63) is 23.8 Å². The summed E-state index contributed by atoms with van der Waals surface area (Å²) in [4.78, 5) is 0.315. The lowest BCUT2D eigenvalue weighted by atomic mass is 9.80. The molecule has 154 valence electrons. The van der Waals surface area contributed by atoms with Crippen LogP contribution >= 0.6 is 0 Å². The standard InChI is InChI=1S/C21H36N2O3S/c1-8-15(3)18-12-17(10-11-19(18)26-9-2)27(24,25)22-16-13-20(4,5)23-21(6,7)14-16/h10-12,15-16,22-23H,8-9,13-14H2,1-7H3/t15-/m1/s1. The minimum absolute atomic E-state index is 0.0973. The molecule has 2 N–H and O–H groups in total. The first kappa shape index (κ1) is 22.2. The lowest BCUT2D eigenvalue weighted by Crippen LogP contribution is -2.62. The Balaban J connectivity index is 2.30. The van der Waals surface area contributed by atoms with Crippen LogP contribution in [0, 0.1) is 0 Å². The lowest BCUT2D eigenvalue weighted by Gasteiger charge is -2.46. The van der Waals surface area contributed by atoms with Gasteiger partial charge in [0.25, 0.3) is 0 Å². The zero-order valence-corrected chi connectivity index (χ0v) is 18.7. The Labute approximate surface area is 165 Å². The number of ether oxygens (including phenoxy) is 1. The fourth-order valence-corrected chi connectivity index (χ4v) is 5.55. The molecule has 0 unspecified atom stereocenters. The van der Waals surface area contributed by atoms with Gasteiger partial charge in [-0.2, -0.15) is 0 Å². The van der Waals surface area contributed by atoms with E-state index in [4.69, 9.17) is 4.74 Å². The summed E-state index contributed by atoms with van der Waals surface area (Å²) in [5, 5.41) is 3.59. The van der Waals surface area contributed by atoms with Crippen molar-refractivity contribution in [2.75, 3.05) is 6.61 Å². The quantitative estimate of drug-likeness (QED) is 0.725. The van der Waals surface area contributed by atoms with Crippen molar-refractivity contribution in [1.29, 1.82) is 0 Å². The zero-order valence-electron chi connectivity index (χ0n) is 17.8. The Morgan fingerprint density at radius 2 is 1.78 bits per heavy atom. The second-order valence-corrected chi connectivity index (χ2v) is 10.8. The molecule has 1 aromatic carbocycles. The number of hydrogen-bond donors (Lipinski definition) is 2. The molecular formula is C21H36N2O3S. The summed E-state index contributed by atoms with van der Waals surface area (Å²) in [5.41, 5.74) is 0.721. The van der Waals surface area contributed by atoms with Crippen molar-refractivity contribution in [2.45, 2.75) is 95.7 Å². The number of rotatable bonds is 7. The highest BCUT2D eigenvalue weighted by atomic mass is 32.2. The van der Waals surface area contributed by atoms with Gasteiger partial charge in [-0.3, -0.25) is 0 Å². The molecule has 2 rings (SSSR count). The average Bonchev–Trinajstić information content (AvgIpc) is 2.51. The van der Waals surface area contributed by atoms with E-state index in [2.05, 4.69) is 51.6 Å². The molecule has 5 nitrogen and oxygen atoms in total. The molecule has 1 heterocycles. The third kappa shape index (κ3) is 5.69. The first-order valence-electron chi connectivity index (χ1n) is 9.97. The largest absolute Gasteiger partial charge is 0.494 e. The Bertz CT molecular complexity index is 741. The average molecular weight is 397 g/mol. The number of piperidine rings is 1. The molecule has 0 aromatic heterocycles. The molecule has 0 radical (unpaired) electrons. The predicted molar refractivity (Wildman–Crippen MR) is 111 cm³/mol. The van der Waals surface area contributed by atoms with E-state index in [9.17, 15) is 8.42 Å². The van der Waals surface area contributed by atoms with Crippen LogP contribution in [-0.2, 0) is 10.0 Å². The molecule has 6 heteroatoms. The molecule has 1 saturated heterocycles. The smallest absolute Gasteiger partial charge is 0.240 e. The van der Waals surface area contributed by atoms with Crippen LogP contribution in [0.3, 0.4) is 0 Å². The molecule has 0 aliphatic carbocycles. The first-order valence-corrected chi connectivity index (χ1v) is 11.5. The molecule has 1 atom stereocenters. The topological polar surface area (TPSA) is 67.4 Å². The Morgan fingerprint density at radius 1 is 1.19 bits per heavy atom. The summed E-state index contributed by atoms with van der Waals surface area (Å²) in [7, 11) is -3.59. The van der Waals surface area contributed by atoms with Gasteiger partial charge in [-0.15, -0.1) is 0 Å². The maximum Gasteiger partial charge on any atom is 0.240 e. The summed E-state index contributed by atoms with van der Waals surface area (Å²) < 4.78 is 34.8. The fraction of sp³-hybridized carbons (Fsp3) is 0.714. The van der Waals surface area contributed by atoms with E-state index in [1.54, 1.807) is 18.2 Å². The van der Waals surface area contributed by atoms with Gasteiger partial charge in [0.05, 0.1) is 11.5 Å². The van der Waals surface area contributed by atoms with Crippen molar-refractivity contribution in [2.24, 2.45) is 0 Å². The molecular weight excluding hydrogens is 360 g/mol. The number of hydrogen-bond acceptors (Lipinski definition) is 4. The van der Waals surface area contributed by atoms with Crippen LogP contribution in [0.15, 0.2) is 23.1 Å². The maximum atomic E-state index is 13.1. The maximum absolute atomic E-state index is 13.1. The highest BCUT2D eigenvalue weighted by Gasteiger charge is 2.39. The van der Waals surface area contributed by atoms with E-state index in [0.717, 1.165) is 30.6 Å². The van der Waals surface area contributed by atoms with Crippen LogP contribution in [0.25, 0.3) is 0 Å². The van der Waals surface area contributed by atoms with Gasteiger partial charge in [0.2, 0.25) is 10.0 Å². The Morgan fingerprint density at radius 3 is 2.30 bits per heavy atom. The van der Waals surface area contributed by atoms with Gasteiger partial charge in [-0.05, 0) is 83.6 Å². The predicted octanol–water partition coefficient (Wildman–Crippen LogP) is 4.19. The van der Waals surface area contributed by atoms with E-state index in [1.165, 1.54) is 0 Å². The van der Waals surface area contributed by atoms with E-state index < -0.39 is 10.0 Å². The monoisotopic (exact) mass is 396 g/mol. The van der Waals surface area contributed by atoms with E-state index in [0.29, 0.717) is 11.5 Å². The lowest BCUT2D eigenvalue weighted by molar-refractivity contribution is 0.157. The molecule has 1 aromatic rings. The van der Waals surface area contributed by atoms with Crippen LogP contribution < -0.4 is 14.8 Å². The third-order valence-electron chi connectivity index (χ3n) is 5.25. The Kier molecular flexibility index (Phi) is 6.65. The first-order chi connectivity index (χ1) is 12.4. The Hall–Kier alpha value is -1.11. The van der Waals surface area contributed by atoms with Crippen LogP contribution in [0.2, 0.25) is 0 Å². The van der Waals surface area contributed by atoms with Gasteiger partial charge < -0.3 is 10.1 Å². The number of nitrogens with one attached hydrogen (secondary N) is 2. The minimum Gasteiger partial charge on any atom is -0.494 e. The normalized spacial score (nSPS) is 21.0. The summed E-state index contributed by atoms with van der Waals surface area (Å²) in [6, 6.07) is 5.12. The highest BCUT2D eigenvalue weighted by Crippen LogP contribution is 2.33. The van der Waals surface area contributed by atoms with Gasteiger partial charge in [-0.25, -0.2) is 13.1 Å². The summed E-state index contributed by atoms with van der Waals surface area (Å²) in [6.07, 6.45) is 2.43. The highest BCUT2D eigenvalue weighted by molar-refractivity contribution is 7.89. The molecule has 0 bridgehead atoms. The molecule has 0 spiro atoms. The van der Waals surface area contributed by atoms with Gasteiger partial charge in [0.15, 0.2) is 0 Å². The van der Waals surface area contributed by atoms with E-state index >= 15 is 0 Å². The molecule has 1 fully saturated rings. The molecule has 1 aliphatic rings. The van der Waals surface area contributed by atoms with Gasteiger partial charge in [0.1, 0.15) is 5.75 Å². The van der Waals surface area contributed by atoms with Crippen molar-refractivity contribution in [3.8, 4) is 5.75 Å². The number of benzene rings is 1. The van der Waals surface area contributed by atoms with Crippen LogP contribution in [0.4, 0.5) is 0 Å². The van der Waals surface area contributed by atoms with Crippen LogP contribution in [0.1, 0.15) is 79.2 Å². The summed E-state index contributed by atoms with van der Waals surface area (Å²) in [5.74, 6) is 1.01. The summed E-state index contributed by atoms with van der Waals surface area (Å²) in [6.45, 7) is 15.2. The van der Waals surface area contributed by atoms with Crippen molar-refractivity contribution >= 4 is 10.0 Å². The van der Waals surface area contributed by atoms with Crippen LogP contribution in [-0.4, -0.2) is 32.1 Å². The second-order valence-electron chi connectivity index (χ2n) is 9.06. The van der Waals surface area contributed by atoms with Gasteiger partial charge in [0, 0.05) is 17.1 Å². The number of sulfonamides is 1. The molecule has 0 saturated carbocycles. The van der Waals surface area contributed by atoms with Gasteiger partial charge in [-0.1, -0.05) is 13.8 Å². The minimum atomic E-state index is -3.59. The fourth-order valence-electron chi connectivity index (χ4n) is 4.28. The van der Waals surface area contributed by atoms with E-state index in [-0.39, 0.29) is 23.0 Å². The molecule has 1 aliphatic heterocycles. The zero-order chi connectivity index (χ0) is 20.5. The van der Waals surface area contributed by atoms with Crippen molar-refractivity contribution in [1.82, 2.24) is 10.0 Å². The van der Waals surface area contributed by atoms with Crippen molar-refractivity contribution in [3.63, 3.8) is 0 Å².